The van der Waals surface area contributed by atoms with Gasteiger partial charge in [-0.2, -0.15) is 5.10 Å². The maximum atomic E-state index is 14.0. The van der Waals surface area contributed by atoms with Gasteiger partial charge in [0.15, 0.2) is 5.69 Å². The molecule has 9 heteroatoms. The third-order valence-electron chi connectivity index (χ3n) is 4.54. The van der Waals surface area contributed by atoms with E-state index < -0.39 is 5.82 Å². The Hall–Kier alpha value is -3.26. The van der Waals surface area contributed by atoms with Gasteiger partial charge in [0.2, 0.25) is 5.91 Å². The number of nitrogens with zero attached hydrogens (tertiary/aromatic N) is 4. The quantitative estimate of drug-likeness (QED) is 0.715. The number of halogens is 2. The lowest BCUT2D eigenvalue weighted by molar-refractivity contribution is -0.123. The van der Waals surface area contributed by atoms with Crippen molar-refractivity contribution in [1.29, 1.82) is 0 Å². The number of carbonyl (C=O) groups is 2. The van der Waals surface area contributed by atoms with Crippen LogP contribution in [0.3, 0.4) is 0 Å². The SMILES string of the molecule is Cc1cc(-n2nc(C(=O)N3CCNC(=O)C3)cc2-c2cc(F)cc(Cl)c2)ccn1. The van der Waals surface area contributed by atoms with E-state index in [4.69, 9.17) is 11.6 Å². The minimum atomic E-state index is -0.494. The molecule has 2 amide bonds. The summed E-state index contributed by atoms with van der Waals surface area (Å²) in [6, 6.07) is 9.27. The second-order valence-electron chi connectivity index (χ2n) is 6.72. The van der Waals surface area contributed by atoms with Crippen LogP contribution in [0.1, 0.15) is 16.2 Å². The predicted molar refractivity (Wildman–Crippen MR) is 105 cm³/mol. The topological polar surface area (TPSA) is 80.1 Å². The molecule has 1 aliphatic rings. The molecule has 1 saturated heterocycles. The van der Waals surface area contributed by atoms with Crippen LogP contribution in [0.2, 0.25) is 5.02 Å². The molecule has 29 heavy (non-hydrogen) atoms. The fourth-order valence-electron chi connectivity index (χ4n) is 3.23. The van der Waals surface area contributed by atoms with Gasteiger partial charge in [0, 0.05) is 35.6 Å². The van der Waals surface area contributed by atoms with Crippen LogP contribution in [0.5, 0.6) is 0 Å². The van der Waals surface area contributed by atoms with Gasteiger partial charge in [0.25, 0.3) is 5.91 Å². The van der Waals surface area contributed by atoms with E-state index in [9.17, 15) is 14.0 Å². The van der Waals surface area contributed by atoms with Gasteiger partial charge in [-0.05, 0) is 43.3 Å². The molecule has 0 atom stereocenters. The molecule has 148 valence electrons. The maximum Gasteiger partial charge on any atom is 0.274 e. The lowest BCUT2D eigenvalue weighted by atomic mass is 10.1. The first kappa shape index (κ1) is 19.1. The van der Waals surface area contributed by atoms with Gasteiger partial charge in [-0.3, -0.25) is 14.6 Å². The highest BCUT2D eigenvalue weighted by Crippen LogP contribution is 2.28. The number of rotatable bonds is 3. The number of benzene rings is 1. The van der Waals surface area contributed by atoms with Crippen LogP contribution in [-0.2, 0) is 4.79 Å². The Morgan fingerprint density at radius 3 is 2.79 bits per heavy atom. The molecule has 0 saturated carbocycles. The van der Waals surface area contributed by atoms with E-state index in [1.165, 1.54) is 17.0 Å². The number of piperazine rings is 1. The smallest absolute Gasteiger partial charge is 0.274 e. The predicted octanol–water partition coefficient (Wildman–Crippen LogP) is 2.61. The second kappa shape index (κ2) is 7.63. The van der Waals surface area contributed by atoms with Gasteiger partial charge in [-0.25, -0.2) is 9.07 Å². The fourth-order valence-corrected chi connectivity index (χ4v) is 3.45. The summed E-state index contributed by atoms with van der Waals surface area (Å²) in [6.45, 7) is 2.60. The van der Waals surface area contributed by atoms with Gasteiger partial charge in [-0.15, -0.1) is 0 Å². The van der Waals surface area contributed by atoms with E-state index in [1.807, 2.05) is 6.92 Å². The zero-order valence-electron chi connectivity index (χ0n) is 15.5. The lowest BCUT2D eigenvalue weighted by Gasteiger charge is -2.25. The minimum Gasteiger partial charge on any atom is -0.353 e. The molecule has 1 N–H and O–H groups in total. The molecule has 0 spiro atoms. The van der Waals surface area contributed by atoms with E-state index in [-0.39, 0.29) is 29.1 Å². The van der Waals surface area contributed by atoms with Crippen molar-refractivity contribution < 1.29 is 14.0 Å². The van der Waals surface area contributed by atoms with Gasteiger partial charge in [-0.1, -0.05) is 11.6 Å². The van der Waals surface area contributed by atoms with Crippen molar-refractivity contribution in [3.8, 4) is 16.9 Å². The molecular formula is C20H17ClFN5O2. The Bertz CT molecular complexity index is 1090. The summed E-state index contributed by atoms with van der Waals surface area (Å²) in [7, 11) is 0. The first-order valence-corrected chi connectivity index (χ1v) is 9.34. The van der Waals surface area contributed by atoms with Crippen molar-refractivity contribution in [2.75, 3.05) is 19.6 Å². The molecule has 0 unspecified atom stereocenters. The lowest BCUT2D eigenvalue weighted by Crippen LogP contribution is -2.50. The average Bonchev–Trinajstić information content (AvgIpc) is 3.12. The van der Waals surface area contributed by atoms with Crippen molar-refractivity contribution >= 4 is 23.4 Å². The Labute approximate surface area is 171 Å². The highest BCUT2D eigenvalue weighted by atomic mass is 35.5. The maximum absolute atomic E-state index is 14.0. The number of hydrogen-bond donors (Lipinski definition) is 1. The summed E-state index contributed by atoms with van der Waals surface area (Å²) in [4.78, 5) is 30.2. The number of amides is 2. The van der Waals surface area contributed by atoms with Crippen LogP contribution in [0.25, 0.3) is 16.9 Å². The number of nitrogens with one attached hydrogen (secondary N) is 1. The van der Waals surface area contributed by atoms with Gasteiger partial charge >= 0.3 is 0 Å². The summed E-state index contributed by atoms with van der Waals surface area (Å²) in [5, 5.41) is 7.38. The number of hydrogen-bond acceptors (Lipinski definition) is 4. The molecule has 2 aromatic heterocycles. The molecule has 1 fully saturated rings. The highest BCUT2D eigenvalue weighted by Gasteiger charge is 2.26. The van der Waals surface area contributed by atoms with Gasteiger partial charge in [0.1, 0.15) is 5.82 Å². The standard InChI is InChI=1S/C20H17ClFN5O2/c1-12-6-16(2-3-23-12)27-18(13-7-14(21)9-15(22)8-13)10-17(25-27)20(29)26-5-4-24-19(28)11-26/h2-3,6-10H,4-5,11H2,1H3,(H,24,28). The Kier molecular flexibility index (Phi) is 5.02. The molecular weight excluding hydrogens is 397 g/mol. The number of aromatic nitrogens is 3. The highest BCUT2D eigenvalue weighted by molar-refractivity contribution is 6.30. The summed E-state index contributed by atoms with van der Waals surface area (Å²) in [5.41, 5.74) is 2.57. The van der Waals surface area contributed by atoms with Crippen LogP contribution >= 0.6 is 11.6 Å². The first-order chi connectivity index (χ1) is 13.9. The molecule has 0 aliphatic carbocycles. The molecule has 0 radical (unpaired) electrons. The number of aryl methyl sites for hydroxylation is 1. The summed E-state index contributed by atoms with van der Waals surface area (Å²) < 4.78 is 15.5. The van der Waals surface area contributed by atoms with Crippen molar-refractivity contribution in [3.05, 3.63) is 64.8 Å². The van der Waals surface area contributed by atoms with Crippen molar-refractivity contribution in [3.63, 3.8) is 0 Å². The summed E-state index contributed by atoms with van der Waals surface area (Å²) >= 11 is 6.03. The largest absolute Gasteiger partial charge is 0.353 e. The fraction of sp³-hybridized carbons (Fsp3) is 0.200. The van der Waals surface area contributed by atoms with E-state index >= 15 is 0 Å². The van der Waals surface area contributed by atoms with Crippen LogP contribution in [0, 0.1) is 12.7 Å². The Balaban J connectivity index is 1.82. The Morgan fingerprint density at radius 2 is 2.07 bits per heavy atom. The van der Waals surface area contributed by atoms with E-state index in [0.717, 1.165) is 5.69 Å². The van der Waals surface area contributed by atoms with Crippen LogP contribution < -0.4 is 5.32 Å². The molecule has 3 heterocycles. The summed E-state index contributed by atoms with van der Waals surface area (Å²) in [5.74, 6) is -1.08. The molecule has 0 bridgehead atoms. The van der Waals surface area contributed by atoms with E-state index in [1.54, 1.807) is 35.1 Å². The van der Waals surface area contributed by atoms with Gasteiger partial charge in [0.05, 0.1) is 17.9 Å². The zero-order chi connectivity index (χ0) is 20.5. The first-order valence-electron chi connectivity index (χ1n) is 8.96. The summed E-state index contributed by atoms with van der Waals surface area (Å²) in [6.07, 6.45) is 1.63. The van der Waals surface area contributed by atoms with E-state index in [0.29, 0.717) is 30.0 Å². The van der Waals surface area contributed by atoms with E-state index in [2.05, 4.69) is 15.4 Å². The van der Waals surface area contributed by atoms with Crippen LogP contribution in [-0.4, -0.2) is 51.1 Å². The minimum absolute atomic E-state index is 0.0266. The van der Waals surface area contributed by atoms with Gasteiger partial charge < -0.3 is 10.2 Å². The molecule has 1 aliphatic heterocycles. The number of carbonyl (C=O) groups excluding carboxylic acids is 2. The molecule has 7 nitrogen and oxygen atoms in total. The zero-order valence-corrected chi connectivity index (χ0v) is 16.3. The number of pyridine rings is 1. The van der Waals surface area contributed by atoms with Crippen molar-refractivity contribution in [1.82, 2.24) is 25.0 Å². The average molecular weight is 414 g/mol. The molecule has 1 aromatic carbocycles. The third-order valence-corrected chi connectivity index (χ3v) is 4.76. The second-order valence-corrected chi connectivity index (χ2v) is 7.15. The molecule has 4 rings (SSSR count). The van der Waals surface area contributed by atoms with Crippen molar-refractivity contribution in [2.45, 2.75) is 6.92 Å². The Morgan fingerprint density at radius 1 is 1.24 bits per heavy atom. The van der Waals surface area contributed by atoms with Crippen molar-refractivity contribution in [2.24, 2.45) is 0 Å². The third kappa shape index (κ3) is 3.97. The molecule has 3 aromatic rings. The monoisotopic (exact) mass is 413 g/mol. The van der Waals surface area contributed by atoms with Crippen LogP contribution in [0.4, 0.5) is 4.39 Å². The normalized spacial score (nSPS) is 14.0. The van der Waals surface area contributed by atoms with Crippen LogP contribution in [0.15, 0.2) is 42.6 Å².